The van der Waals surface area contributed by atoms with Gasteiger partial charge in [-0.25, -0.2) is 9.37 Å². The van der Waals surface area contributed by atoms with Crippen molar-refractivity contribution in [2.45, 2.75) is 26.3 Å². The van der Waals surface area contributed by atoms with E-state index in [2.05, 4.69) is 4.98 Å². The maximum absolute atomic E-state index is 13.6. The minimum Gasteiger partial charge on any atom is -0.382 e. The van der Waals surface area contributed by atoms with Crippen molar-refractivity contribution in [3.63, 3.8) is 0 Å². The Kier molecular flexibility index (Phi) is 5.64. The number of aromatic nitrogens is 2. The first-order chi connectivity index (χ1) is 9.67. The second-order valence-electron chi connectivity index (χ2n) is 4.42. The van der Waals surface area contributed by atoms with E-state index in [4.69, 9.17) is 27.9 Å². The van der Waals surface area contributed by atoms with Crippen molar-refractivity contribution in [3.05, 3.63) is 28.8 Å². The molecule has 0 saturated heterocycles. The summed E-state index contributed by atoms with van der Waals surface area (Å²) in [6, 6.07) is 2.99. The monoisotopic (exact) mass is 318 g/mol. The molecule has 20 heavy (non-hydrogen) atoms. The Morgan fingerprint density at radius 3 is 2.90 bits per heavy atom. The van der Waals surface area contributed by atoms with Crippen LogP contribution in [0, 0.1) is 5.82 Å². The molecule has 3 nitrogen and oxygen atoms in total. The highest BCUT2D eigenvalue weighted by Gasteiger charge is 2.13. The zero-order chi connectivity index (χ0) is 14.5. The topological polar surface area (TPSA) is 27.1 Å². The molecular formula is C14H17Cl2FN2O. The summed E-state index contributed by atoms with van der Waals surface area (Å²) in [5.74, 6) is 0.904. The average molecular weight is 319 g/mol. The van der Waals surface area contributed by atoms with Gasteiger partial charge in [0.15, 0.2) is 0 Å². The maximum atomic E-state index is 13.6. The van der Waals surface area contributed by atoms with E-state index < -0.39 is 5.82 Å². The third kappa shape index (κ3) is 3.43. The zero-order valence-corrected chi connectivity index (χ0v) is 12.8. The van der Waals surface area contributed by atoms with Gasteiger partial charge in [0.2, 0.25) is 0 Å². The molecule has 0 fully saturated rings. The van der Waals surface area contributed by atoms with E-state index in [1.54, 1.807) is 6.07 Å². The Balaban J connectivity index is 2.32. The second-order valence-corrected chi connectivity index (χ2v) is 5.21. The Bertz CT molecular complexity index is 586. The molecule has 0 radical (unpaired) electrons. The van der Waals surface area contributed by atoms with Crippen LogP contribution in [0.15, 0.2) is 12.1 Å². The Morgan fingerprint density at radius 2 is 2.20 bits per heavy atom. The van der Waals surface area contributed by atoms with E-state index in [0.717, 1.165) is 24.3 Å². The van der Waals surface area contributed by atoms with Gasteiger partial charge in [-0.1, -0.05) is 11.6 Å². The summed E-state index contributed by atoms with van der Waals surface area (Å²) >= 11 is 11.6. The number of imidazole rings is 1. The number of fused-ring (bicyclic) bond motifs is 1. The van der Waals surface area contributed by atoms with Crippen LogP contribution >= 0.6 is 23.2 Å². The van der Waals surface area contributed by atoms with Gasteiger partial charge in [0, 0.05) is 38.1 Å². The molecule has 0 unspecified atom stereocenters. The van der Waals surface area contributed by atoms with Crippen LogP contribution in [0.25, 0.3) is 11.0 Å². The number of hydrogen-bond acceptors (Lipinski definition) is 2. The van der Waals surface area contributed by atoms with E-state index in [0.29, 0.717) is 31.0 Å². The number of nitrogens with zero attached hydrogens (tertiary/aromatic N) is 2. The number of aryl methyl sites for hydroxylation is 2. The molecule has 0 bridgehead atoms. The normalized spacial score (nSPS) is 11.4. The summed E-state index contributed by atoms with van der Waals surface area (Å²) in [6.07, 6.45) is 1.49. The van der Waals surface area contributed by atoms with Crippen molar-refractivity contribution < 1.29 is 9.13 Å². The van der Waals surface area contributed by atoms with Crippen LogP contribution in [-0.4, -0.2) is 28.6 Å². The van der Waals surface area contributed by atoms with Gasteiger partial charge in [-0.2, -0.15) is 0 Å². The van der Waals surface area contributed by atoms with Crippen LogP contribution in [0.2, 0.25) is 5.02 Å². The van der Waals surface area contributed by atoms with E-state index in [9.17, 15) is 4.39 Å². The third-order valence-corrected chi connectivity index (χ3v) is 3.54. The number of halogens is 3. The minimum atomic E-state index is -0.428. The molecule has 6 heteroatoms. The summed E-state index contributed by atoms with van der Waals surface area (Å²) in [5, 5.41) is 0.0916. The van der Waals surface area contributed by atoms with Gasteiger partial charge in [0.05, 0.1) is 16.1 Å². The predicted molar refractivity (Wildman–Crippen MR) is 80.2 cm³/mol. The lowest BCUT2D eigenvalue weighted by Crippen LogP contribution is -2.07. The summed E-state index contributed by atoms with van der Waals surface area (Å²) in [6.45, 7) is 4.06. The first-order valence-corrected chi connectivity index (χ1v) is 7.56. The first-order valence-electron chi connectivity index (χ1n) is 6.65. The van der Waals surface area contributed by atoms with Crippen molar-refractivity contribution in [1.82, 2.24) is 9.55 Å². The third-order valence-electron chi connectivity index (χ3n) is 3.06. The molecule has 0 aliphatic carbocycles. The molecule has 1 aromatic heterocycles. The van der Waals surface area contributed by atoms with Crippen molar-refractivity contribution in [2.75, 3.05) is 19.1 Å². The molecule has 0 atom stereocenters. The Morgan fingerprint density at radius 1 is 1.40 bits per heavy atom. The Hall–Kier alpha value is -0.840. The standard InChI is InChI=1S/C14H17Cl2FN2O/c1-2-20-7-3-6-19-13-9-11(17)10(16)8-12(13)18-14(19)4-5-15/h8-9H,2-7H2,1H3. The van der Waals surface area contributed by atoms with Crippen LogP contribution in [0.4, 0.5) is 4.39 Å². The smallest absolute Gasteiger partial charge is 0.144 e. The fourth-order valence-electron chi connectivity index (χ4n) is 2.16. The molecule has 0 amide bonds. The van der Waals surface area contributed by atoms with Crippen LogP contribution in [0.1, 0.15) is 19.2 Å². The highest BCUT2D eigenvalue weighted by atomic mass is 35.5. The first kappa shape index (κ1) is 15.5. The lowest BCUT2D eigenvalue weighted by molar-refractivity contribution is 0.141. The summed E-state index contributed by atoms with van der Waals surface area (Å²) in [7, 11) is 0. The van der Waals surface area contributed by atoms with E-state index in [-0.39, 0.29) is 5.02 Å². The van der Waals surface area contributed by atoms with Gasteiger partial charge >= 0.3 is 0 Å². The molecule has 110 valence electrons. The molecular weight excluding hydrogens is 302 g/mol. The molecule has 0 aliphatic rings. The molecule has 0 spiro atoms. The molecule has 1 aromatic carbocycles. The molecule has 0 N–H and O–H groups in total. The average Bonchev–Trinajstić information content (AvgIpc) is 2.73. The summed E-state index contributed by atoms with van der Waals surface area (Å²) in [5.41, 5.74) is 1.46. The van der Waals surface area contributed by atoms with Crippen LogP contribution < -0.4 is 0 Å². The maximum Gasteiger partial charge on any atom is 0.144 e. The van der Waals surface area contributed by atoms with Crippen molar-refractivity contribution >= 4 is 34.2 Å². The van der Waals surface area contributed by atoms with Crippen LogP contribution in [-0.2, 0) is 17.7 Å². The van der Waals surface area contributed by atoms with Gasteiger partial charge in [0.1, 0.15) is 11.6 Å². The van der Waals surface area contributed by atoms with E-state index >= 15 is 0 Å². The highest BCUT2D eigenvalue weighted by molar-refractivity contribution is 6.31. The van der Waals surface area contributed by atoms with Crippen molar-refractivity contribution in [3.8, 4) is 0 Å². The summed E-state index contributed by atoms with van der Waals surface area (Å²) < 4.78 is 21.0. The van der Waals surface area contributed by atoms with Gasteiger partial charge in [-0.3, -0.25) is 0 Å². The van der Waals surface area contributed by atoms with Gasteiger partial charge in [-0.15, -0.1) is 11.6 Å². The lowest BCUT2D eigenvalue weighted by atomic mass is 10.3. The second kappa shape index (κ2) is 7.25. The van der Waals surface area contributed by atoms with Gasteiger partial charge in [0.25, 0.3) is 0 Å². The van der Waals surface area contributed by atoms with E-state index in [1.165, 1.54) is 6.07 Å². The largest absolute Gasteiger partial charge is 0.382 e. The predicted octanol–water partition coefficient (Wildman–Crippen LogP) is 4.04. The number of rotatable bonds is 7. The SMILES string of the molecule is CCOCCCn1c(CCCl)nc2cc(Cl)c(F)cc21. The molecule has 0 aliphatic heterocycles. The van der Waals surface area contributed by atoms with Gasteiger partial charge < -0.3 is 9.30 Å². The molecule has 2 rings (SSSR count). The van der Waals surface area contributed by atoms with Gasteiger partial charge in [-0.05, 0) is 19.4 Å². The Labute approximate surface area is 127 Å². The number of ether oxygens (including phenoxy) is 1. The molecule has 1 heterocycles. The fourth-order valence-corrected chi connectivity index (χ4v) is 2.49. The quantitative estimate of drug-likeness (QED) is 0.569. The number of benzene rings is 1. The number of alkyl halides is 1. The van der Waals surface area contributed by atoms with Crippen molar-refractivity contribution in [2.24, 2.45) is 0 Å². The highest BCUT2D eigenvalue weighted by Crippen LogP contribution is 2.24. The number of hydrogen-bond donors (Lipinski definition) is 0. The fraction of sp³-hybridized carbons (Fsp3) is 0.500. The van der Waals surface area contributed by atoms with E-state index in [1.807, 2.05) is 11.5 Å². The van der Waals surface area contributed by atoms with Crippen LogP contribution in [0.3, 0.4) is 0 Å². The van der Waals surface area contributed by atoms with Crippen molar-refractivity contribution in [1.29, 1.82) is 0 Å². The molecule has 2 aromatic rings. The zero-order valence-electron chi connectivity index (χ0n) is 11.3. The molecule has 0 saturated carbocycles. The van der Waals surface area contributed by atoms with Crippen LogP contribution in [0.5, 0.6) is 0 Å². The minimum absolute atomic E-state index is 0.0916. The lowest BCUT2D eigenvalue weighted by Gasteiger charge is -2.08. The summed E-state index contributed by atoms with van der Waals surface area (Å²) in [4.78, 5) is 4.49.